The van der Waals surface area contributed by atoms with Crippen LogP contribution in [0.15, 0.2) is 42.5 Å². The minimum Gasteiger partial charge on any atom is -0.403 e. The molecule has 2 rings (SSSR count). The van der Waals surface area contributed by atoms with E-state index in [1.165, 1.54) is 30.9 Å². The average Bonchev–Trinajstić information content (AvgIpc) is 2.55. The Morgan fingerprint density at radius 1 is 0.800 bits per heavy atom. The smallest absolute Gasteiger partial charge is 0.403 e. The molecule has 0 amide bonds. The molecule has 0 atom stereocenters. The van der Waals surface area contributed by atoms with Crippen molar-refractivity contribution in [2.24, 2.45) is 0 Å². The van der Waals surface area contributed by atoms with Gasteiger partial charge in [-0.1, -0.05) is 50.1 Å². The number of benzene rings is 2. The zero-order valence-electron chi connectivity index (χ0n) is 14.2. The minimum absolute atomic E-state index is 0.554. The Morgan fingerprint density at radius 2 is 1.36 bits per heavy atom. The first-order valence-electron chi connectivity index (χ1n) is 8.49. The van der Waals surface area contributed by atoms with Crippen LogP contribution in [-0.4, -0.2) is 6.36 Å². The lowest BCUT2D eigenvalue weighted by molar-refractivity contribution is -0.275. The van der Waals surface area contributed by atoms with Gasteiger partial charge in [0.25, 0.3) is 0 Å². The number of halogens is 4. The van der Waals surface area contributed by atoms with Crippen molar-refractivity contribution >= 4 is 0 Å². The molecule has 0 fully saturated rings. The van der Waals surface area contributed by atoms with Crippen LogP contribution in [0.4, 0.5) is 17.6 Å². The van der Waals surface area contributed by atoms with Crippen molar-refractivity contribution in [2.45, 2.75) is 51.8 Å². The summed E-state index contributed by atoms with van der Waals surface area (Å²) in [5, 5.41) is 0. The van der Waals surface area contributed by atoms with E-state index in [2.05, 4.69) is 35.9 Å². The summed E-state index contributed by atoms with van der Waals surface area (Å²) in [7, 11) is 0. The third-order valence-corrected chi connectivity index (χ3v) is 4.02. The van der Waals surface area contributed by atoms with Crippen LogP contribution in [-0.2, 0) is 19.3 Å². The molecule has 0 heterocycles. The summed E-state index contributed by atoms with van der Waals surface area (Å²) < 4.78 is 53.7. The molecule has 0 aliphatic rings. The summed E-state index contributed by atoms with van der Waals surface area (Å²) in [5.74, 6) is -1.80. The Balaban J connectivity index is 1.89. The first-order chi connectivity index (χ1) is 11.9. The van der Waals surface area contributed by atoms with E-state index < -0.39 is 17.9 Å². The van der Waals surface area contributed by atoms with Crippen LogP contribution >= 0.6 is 0 Å². The molecule has 0 saturated carbocycles. The highest BCUT2D eigenvalue weighted by atomic mass is 19.4. The van der Waals surface area contributed by atoms with Crippen LogP contribution in [0, 0.1) is 5.82 Å². The molecule has 25 heavy (non-hydrogen) atoms. The second kappa shape index (κ2) is 8.88. The van der Waals surface area contributed by atoms with Gasteiger partial charge >= 0.3 is 6.36 Å². The SMILES string of the molecule is CCCCCc1ccc(CCc2ccc(OC(F)(F)F)c(F)c2)cc1. The molecule has 0 aliphatic heterocycles. The van der Waals surface area contributed by atoms with Crippen LogP contribution in [0.3, 0.4) is 0 Å². The highest BCUT2D eigenvalue weighted by molar-refractivity contribution is 5.30. The molecule has 136 valence electrons. The number of hydrogen-bond donors (Lipinski definition) is 0. The lowest BCUT2D eigenvalue weighted by Crippen LogP contribution is -2.18. The van der Waals surface area contributed by atoms with E-state index >= 15 is 0 Å². The second-order valence-corrected chi connectivity index (χ2v) is 6.09. The van der Waals surface area contributed by atoms with Crippen molar-refractivity contribution in [3.05, 3.63) is 65.0 Å². The maximum absolute atomic E-state index is 13.7. The van der Waals surface area contributed by atoms with Crippen LogP contribution < -0.4 is 4.74 Å². The fraction of sp³-hybridized carbons (Fsp3) is 0.400. The van der Waals surface area contributed by atoms with Gasteiger partial charge in [0.1, 0.15) is 0 Å². The molecule has 0 N–H and O–H groups in total. The first kappa shape index (κ1) is 19.3. The number of unbranched alkanes of at least 4 members (excludes halogenated alkanes) is 2. The van der Waals surface area contributed by atoms with Crippen molar-refractivity contribution in [3.63, 3.8) is 0 Å². The molecule has 0 unspecified atom stereocenters. The Hall–Kier alpha value is -2.04. The van der Waals surface area contributed by atoms with E-state index in [-0.39, 0.29) is 0 Å². The maximum Gasteiger partial charge on any atom is 0.573 e. The molecule has 5 heteroatoms. The lowest BCUT2D eigenvalue weighted by atomic mass is 10.0. The summed E-state index contributed by atoms with van der Waals surface area (Å²) in [6.45, 7) is 2.17. The maximum atomic E-state index is 13.7. The second-order valence-electron chi connectivity index (χ2n) is 6.09. The van der Waals surface area contributed by atoms with Gasteiger partial charge in [-0.05, 0) is 54.5 Å². The van der Waals surface area contributed by atoms with Crippen LogP contribution in [0.25, 0.3) is 0 Å². The Labute approximate surface area is 145 Å². The Bertz CT molecular complexity index is 662. The van der Waals surface area contributed by atoms with E-state index in [9.17, 15) is 17.6 Å². The Kier molecular flexibility index (Phi) is 6.85. The molecule has 0 bridgehead atoms. The van der Waals surface area contributed by atoms with Gasteiger partial charge in [-0.3, -0.25) is 0 Å². The normalized spacial score (nSPS) is 11.6. The quantitative estimate of drug-likeness (QED) is 0.403. The van der Waals surface area contributed by atoms with Gasteiger partial charge in [0, 0.05) is 0 Å². The molecule has 0 saturated heterocycles. The summed E-state index contributed by atoms with van der Waals surface area (Å²) in [6, 6.07) is 11.9. The molecule has 0 spiro atoms. The predicted octanol–water partition coefficient (Wildman–Crippen LogP) is 6.24. The molecule has 0 aromatic heterocycles. The topological polar surface area (TPSA) is 9.23 Å². The third kappa shape index (κ3) is 6.77. The fourth-order valence-electron chi connectivity index (χ4n) is 2.65. The number of rotatable bonds is 8. The summed E-state index contributed by atoms with van der Waals surface area (Å²) >= 11 is 0. The molecule has 2 aromatic rings. The molecule has 1 nitrogen and oxygen atoms in total. The van der Waals surface area contributed by atoms with Gasteiger partial charge in [0.15, 0.2) is 11.6 Å². The van der Waals surface area contributed by atoms with E-state index in [1.807, 2.05) is 0 Å². The molecular weight excluding hydrogens is 332 g/mol. The monoisotopic (exact) mass is 354 g/mol. The number of hydrogen-bond acceptors (Lipinski definition) is 1. The van der Waals surface area contributed by atoms with Gasteiger partial charge < -0.3 is 4.74 Å². The van der Waals surface area contributed by atoms with Crippen molar-refractivity contribution < 1.29 is 22.3 Å². The molecule has 2 aromatic carbocycles. The molecule has 0 aliphatic carbocycles. The fourth-order valence-corrected chi connectivity index (χ4v) is 2.65. The highest BCUT2D eigenvalue weighted by Crippen LogP contribution is 2.26. The number of aryl methyl sites for hydroxylation is 3. The van der Waals surface area contributed by atoms with Gasteiger partial charge in [0.05, 0.1) is 0 Å². The van der Waals surface area contributed by atoms with Crippen molar-refractivity contribution in [1.82, 2.24) is 0 Å². The first-order valence-corrected chi connectivity index (χ1v) is 8.49. The largest absolute Gasteiger partial charge is 0.573 e. The number of ether oxygens (including phenoxy) is 1. The van der Waals surface area contributed by atoms with E-state index in [0.717, 1.165) is 24.1 Å². The number of alkyl halides is 3. The zero-order chi connectivity index (χ0) is 18.3. The zero-order valence-corrected chi connectivity index (χ0v) is 14.2. The molecular formula is C20H22F4O. The lowest BCUT2D eigenvalue weighted by Gasteiger charge is -2.10. The van der Waals surface area contributed by atoms with Gasteiger partial charge in [-0.25, -0.2) is 4.39 Å². The highest BCUT2D eigenvalue weighted by Gasteiger charge is 2.32. The minimum atomic E-state index is -4.89. The molecule has 0 radical (unpaired) electrons. The summed E-state index contributed by atoms with van der Waals surface area (Å²) in [6.07, 6.45) is 1.04. The van der Waals surface area contributed by atoms with Gasteiger partial charge in [-0.2, -0.15) is 0 Å². The van der Waals surface area contributed by atoms with E-state index in [0.29, 0.717) is 18.4 Å². The summed E-state index contributed by atoms with van der Waals surface area (Å²) in [4.78, 5) is 0. The van der Waals surface area contributed by atoms with E-state index in [4.69, 9.17) is 0 Å². The van der Waals surface area contributed by atoms with Crippen molar-refractivity contribution in [2.75, 3.05) is 0 Å². The van der Waals surface area contributed by atoms with Gasteiger partial charge in [-0.15, -0.1) is 13.2 Å². The average molecular weight is 354 g/mol. The van der Waals surface area contributed by atoms with Crippen molar-refractivity contribution in [1.29, 1.82) is 0 Å². The van der Waals surface area contributed by atoms with Crippen LogP contribution in [0.5, 0.6) is 5.75 Å². The Morgan fingerprint density at radius 3 is 1.92 bits per heavy atom. The van der Waals surface area contributed by atoms with E-state index in [1.54, 1.807) is 0 Å². The van der Waals surface area contributed by atoms with Crippen molar-refractivity contribution in [3.8, 4) is 5.75 Å². The standard InChI is InChI=1S/C20H22F4O/c1-2-3-4-5-15-6-8-16(9-7-15)10-11-17-12-13-19(18(21)14-17)25-20(22,23)24/h6-9,12-14H,2-5,10-11H2,1H3. The van der Waals surface area contributed by atoms with Crippen LogP contribution in [0.2, 0.25) is 0 Å². The third-order valence-electron chi connectivity index (χ3n) is 4.02. The summed E-state index contributed by atoms with van der Waals surface area (Å²) in [5.41, 5.74) is 3.06. The predicted molar refractivity (Wildman–Crippen MR) is 90.2 cm³/mol. The van der Waals surface area contributed by atoms with Crippen LogP contribution in [0.1, 0.15) is 42.9 Å². The van der Waals surface area contributed by atoms with Gasteiger partial charge in [0.2, 0.25) is 0 Å².